The molecule has 0 aromatic heterocycles. The van der Waals surface area contributed by atoms with E-state index >= 15 is 0 Å². The maximum absolute atomic E-state index is 12.9. The number of anilines is 2. The van der Waals surface area contributed by atoms with Gasteiger partial charge in [0.25, 0.3) is 5.91 Å². The van der Waals surface area contributed by atoms with E-state index in [-0.39, 0.29) is 11.8 Å². The lowest BCUT2D eigenvalue weighted by Crippen LogP contribution is -2.36. The molecular weight excluding hydrogens is 400 g/mol. The highest BCUT2D eigenvalue weighted by Gasteiger charge is 2.36. The number of carboxylic acids is 1. The minimum Gasteiger partial charge on any atom is -0.494 e. The van der Waals surface area contributed by atoms with E-state index in [4.69, 9.17) is 9.47 Å². The zero-order valence-electron chi connectivity index (χ0n) is 17.5. The Kier molecular flexibility index (Phi) is 7.12. The Labute approximate surface area is 180 Å². The molecule has 2 aromatic rings. The van der Waals surface area contributed by atoms with Gasteiger partial charge in [-0.05, 0) is 25.0 Å². The lowest BCUT2D eigenvalue weighted by molar-refractivity contribution is -0.147. The van der Waals surface area contributed by atoms with Crippen LogP contribution in [0.5, 0.6) is 11.5 Å². The molecule has 31 heavy (non-hydrogen) atoms. The van der Waals surface area contributed by atoms with Crippen molar-refractivity contribution < 1.29 is 29.0 Å². The van der Waals surface area contributed by atoms with Crippen molar-refractivity contribution in [3.8, 4) is 11.5 Å². The average molecular weight is 426 g/mol. The van der Waals surface area contributed by atoms with Crippen molar-refractivity contribution in [2.45, 2.75) is 25.7 Å². The third-order valence-electron chi connectivity index (χ3n) is 5.48. The summed E-state index contributed by atoms with van der Waals surface area (Å²) >= 11 is 0. The molecule has 0 spiro atoms. The fourth-order valence-electron chi connectivity index (χ4n) is 3.84. The molecule has 3 N–H and O–H groups in total. The molecule has 2 unspecified atom stereocenters. The highest BCUT2D eigenvalue weighted by atomic mass is 16.5. The number of benzene rings is 2. The molecule has 1 aliphatic rings. The molecule has 1 aliphatic carbocycles. The van der Waals surface area contributed by atoms with Crippen molar-refractivity contribution in [2.24, 2.45) is 11.8 Å². The van der Waals surface area contributed by atoms with Crippen molar-refractivity contribution in [1.82, 2.24) is 0 Å². The molecule has 164 valence electrons. The van der Waals surface area contributed by atoms with Crippen LogP contribution in [0.2, 0.25) is 0 Å². The van der Waals surface area contributed by atoms with Crippen molar-refractivity contribution in [2.75, 3.05) is 24.9 Å². The number of rotatable bonds is 7. The van der Waals surface area contributed by atoms with Gasteiger partial charge in [0.05, 0.1) is 37.4 Å². The lowest BCUT2D eigenvalue weighted by Gasteiger charge is -2.27. The monoisotopic (exact) mass is 426 g/mol. The van der Waals surface area contributed by atoms with E-state index in [1.807, 2.05) is 6.07 Å². The second-order valence-corrected chi connectivity index (χ2v) is 7.40. The molecule has 0 bridgehead atoms. The number of carbonyl (C=O) groups is 3. The van der Waals surface area contributed by atoms with Gasteiger partial charge in [0.1, 0.15) is 11.5 Å². The topological polar surface area (TPSA) is 114 Å². The first-order valence-electron chi connectivity index (χ1n) is 10.1. The first kappa shape index (κ1) is 22.1. The summed E-state index contributed by atoms with van der Waals surface area (Å²) in [4.78, 5) is 36.9. The van der Waals surface area contributed by atoms with Crippen molar-refractivity contribution in [3.63, 3.8) is 0 Å². The highest BCUT2D eigenvalue weighted by molar-refractivity contribution is 6.05. The number of nitrogens with one attached hydrogen (secondary N) is 2. The first-order chi connectivity index (χ1) is 14.9. The molecule has 0 saturated heterocycles. The van der Waals surface area contributed by atoms with Crippen LogP contribution >= 0.6 is 0 Å². The molecule has 0 heterocycles. The van der Waals surface area contributed by atoms with E-state index in [0.717, 1.165) is 12.8 Å². The van der Waals surface area contributed by atoms with Gasteiger partial charge in [-0.25, -0.2) is 0 Å². The Morgan fingerprint density at radius 3 is 1.97 bits per heavy atom. The molecule has 1 fully saturated rings. The smallest absolute Gasteiger partial charge is 0.307 e. The summed E-state index contributed by atoms with van der Waals surface area (Å²) in [7, 11) is 2.90. The first-order valence-corrected chi connectivity index (χ1v) is 10.1. The minimum atomic E-state index is -0.955. The Bertz CT molecular complexity index is 960. The zero-order chi connectivity index (χ0) is 22.4. The fraction of sp³-hybridized carbons (Fsp3) is 0.348. The van der Waals surface area contributed by atoms with Crippen molar-refractivity contribution in [3.05, 3.63) is 48.0 Å². The number of amides is 2. The standard InChI is InChI=1S/C23H26N2O6/c1-30-19-13-18(25-22(27)15-10-6-7-11-16(15)23(28)29)20(31-2)12-17(19)24-21(26)14-8-4-3-5-9-14/h3-5,8-9,12-13,15-16H,6-7,10-11H2,1-2H3,(H,24,26)(H,25,27)(H,28,29). The van der Waals surface area contributed by atoms with Crippen LogP contribution < -0.4 is 20.1 Å². The third-order valence-corrected chi connectivity index (χ3v) is 5.48. The lowest BCUT2D eigenvalue weighted by atomic mass is 9.78. The molecular formula is C23H26N2O6. The highest BCUT2D eigenvalue weighted by Crippen LogP contribution is 2.38. The molecule has 1 saturated carbocycles. The van der Waals surface area contributed by atoms with Crippen LogP contribution in [0.15, 0.2) is 42.5 Å². The van der Waals surface area contributed by atoms with E-state index in [2.05, 4.69) is 10.6 Å². The Hall–Kier alpha value is -3.55. The summed E-state index contributed by atoms with van der Waals surface area (Å²) < 4.78 is 10.8. The number of ether oxygens (including phenoxy) is 2. The maximum Gasteiger partial charge on any atom is 0.307 e. The van der Waals surface area contributed by atoms with E-state index in [0.29, 0.717) is 41.3 Å². The summed E-state index contributed by atoms with van der Waals surface area (Å²) in [6.07, 6.45) is 2.62. The van der Waals surface area contributed by atoms with Gasteiger partial charge in [0, 0.05) is 17.7 Å². The molecule has 2 atom stereocenters. The molecule has 0 aliphatic heterocycles. The molecule has 8 heteroatoms. The quantitative estimate of drug-likeness (QED) is 0.621. The largest absolute Gasteiger partial charge is 0.494 e. The fourth-order valence-corrected chi connectivity index (χ4v) is 3.84. The van der Waals surface area contributed by atoms with E-state index in [1.54, 1.807) is 36.4 Å². The summed E-state index contributed by atoms with van der Waals surface area (Å²) in [5.41, 5.74) is 1.21. The zero-order valence-corrected chi connectivity index (χ0v) is 17.5. The van der Waals surface area contributed by atoms with Crippen LogP contribution in [-0.2, 0) is 9.59 Å². The van der Waals surface area contributed by atoms with E-state index < -0.39 is 17.8 Å². The van der Waals surface area contributed by atoms with Crippen LogP contribution in [0, 0.1) is 11.8 Å². The van der Waals surface area contributed by atoms with E-state index in [9.17, 15) is 19.5 Å². The maximum atomic E-state index is 12.9. The van der Waals surface area contributed by atoms with Gasteiger partial charge in [-0.2, -0.15) is 0 Å². The van der Waals surface area contributed by atoms with Gasteiger partial charge in [-0.1, -0.05) is 31.0 Å². The van der Waals surface area contributed by atoms with Crippen LogP contribution in [0.4, 0.5) is 11.4 Å². The average Bonchev–Trinajstić information content (AvgIpc) is 2.80. The normalized spacial score (nSPS) is 18.0. The van der Waals surface area contributed by atoms with Gasteiger partial charge in [0.2, 0.25) is 5.91 Å². The van der Waals surface area contributed by atoms with Gasteiger partial charge in [0.15, 0.2) is 0 Å². The van der Waals surface area contributed by atoms with Gasteiger partial charge in [-0.15, -0.1) is 0 Å². The number of hydrogen-bond acceptors (Lipinski definition) is 5. The summed E-state index contributed by atoms with van der Waals surface area (Å²) in [5.74, 6) is -2.30. The second-order valence-electron chi connectivity index (χ2n) is 7.40. The van der Waals surface area contributed by atoms with E-state index in [1.165, 1.54) is 14.2 Å². The summed E-state index contributed by atoms with van der Waals surface area (Å²) in [6.45, 7) is 0. The van der Waals surface area contributed by atoms with Gasteiger partial charge < -0.3 is 25.2 Å². The summed E-state index contributed by atoms with van der Waals surface area (Å²) in [6, 6.07) is 11.8. The Morgan fingerprint density at radius 2 is 1.42 bits per heavy atom. The molecule has 3 rings (SSSR count). The molecule has 2 amide bonds. The Morgan fingerprint density at radius 1 is 0.871 bits per heavy atom. The SMILES string of the molecule is COc1cc(NC(=O)C2CCCCC2C(=O)O)c(OC)cc1NC(=O)c1ccccc1. The number of carboxylic acid groups (broad SMARTS) is 1. The number of aliphatic carboxylic acids is 1. The predicted octanol–water partition coefficient (Wildman–Crippen LogP) is 3.79. The van der Waals surface area contributed by atoms with Crippen molar-refractivity contribution in [1.29, 1.82) is 0 Å². The summed E-state index contributed by atoms with van der Waals surface area (Å²) in [5, 5.41) is 15.0. The molecule has 0 radical (unpaired) electrons. The van der Waals surface area contributed by atoms with Gasteiger partial charge >= 0.3 is 5.97 Å². The van der Waals surface area contributed by atoms with Crippen LogP contribution in [0.25, 0.3) is 0 Å². The second kappa shape index (κ2) is 9.97. The van der Waals surface area contributed by atoms with Gasteiger partial charge in [-0.3, -0.25) is 14.4 Å². The van der Waals surface area contributed by atoms with Crippen molar-refractivity contribution >= 4 is 29.2 Å². The molecule has 8 nitrogen and oxygen atoms in total. The number of hydrogen-bond donors (Lipinski definition) is 3. The predicted molar refractivity (Wildman–Crippen MR) is 116 cm³/mol. The Balaban J connectivity index is 1.83. The minimum absolute atomic E-state index is 0.316. The third kappa shape index (κ3) is 5.14. The number of methoxy groups -OCH3 is 2. The van der Waals surface area contributed by atoms with Crippen LogP contribution in [-0.4, -0.2) is 37.1 Å². The van der Waals surface area contributed by atoms with Crippen LogP contribution in [0.1, 0.15) is 36.0 Å². The molecule has 2 aromatic carbocycles. The number of carbonyl (C=O) groups excluding carboxylic acids is 2. The van der Waals surface area contributed by atoms with Crippen LogP contribution in [0.3, 0.4) is 0 Å².